The zero-order valence-corrected chi connectivity index (χ0v) is 15.4. The van der Waals surface area contributed by atoms with Crippen molar-refractivity contribution in [1.29, 1.82) is 0 Å². The van der Waals surface area contributed by atoms with Crippen LogP contribution in [0.4, 0.5) is 0 Å². The Bertz CT molecular complexity index is 670. The normalized spacial score (nSPS) is 11.3. The van der Waals surface area contributed by atoms with Gasteiger partial charge in [0.05, 0.1) is 16.7 Å². The number of hydrogen-bond acceptors (Lipinski definition) is 3. The van der Waals surface area contributed by atoms with Gasteiger partial charge < -0.3 is 10.9 Å². The molecule has 2 aromatic rings. The second kappa shape index (κ2) is 9.35. The first kappa shape index (κ1) is 20.1. The number of carbonyl (C=O) groups excluding carboxylic acids is 1. The first-order chi connectivity index (χ1) is 10.5. The number of benzene rings is 2. The summed E-state index contributed by atoms with van der Waals surface area (Å²) in [5.74, 6) is 0.583. The SMILES string of the molecule is CCC(C)Oc1cc(Cl)c(P)c(C(=O)Oc2ccccc2)c1.[H-].[Li+]. The summed E-state index contributed by atoms with van der Waals surface area (Å²) in [6.07, 6.45) is 0.911. The van der Waals surface area contributed by atoms with Crippen LogP contribution in [0.25, 0.3) is 0 Å². The number of hydrogen-bond donors (Lipinski definition) is 0. The van der Waals surface area contributed by atoms with Crippen molar-refractivity contribution in [3.05, 3.63) is 53.1 Å². The van der Waals surface area contributed by atoms with Crippen LogP contribution >= 0.6 is 20.8 Å². The quantitative estimate of drug-likeness (QED) is 0.355. The summed E-state index contributed by atoms with van der Waals surface area (Å²) in [5.41, 5.74) is 0.375. The molecule has 0 saturated carbocycles. The molecule has 0 aliphatic heterocycles. The smallest absolute Gasteiger partial charge is 1.00 e. The fraction of sp³-hybridized carbons (Fsp3) is 0.235. The summed E-state index contributed by atoms with van der Waals surface area (Å²) in [6, 6.07) is 12.3. The Morgan fingerprint density at radius 2 is 1.91 bits per heavy atom. The van der Waals surface area contributed by atoms with Gasteiger partial charge in [-0.2, -0.15) is 0 Å². The number of para-hydroxylation sites is 1. The van der Waals surface area contributed by atoms with Crippen molar-refractivity contribution in [3.8, 4) is 11.5 Å². The van der Waals surface area contributed by atoms with Crippen molar-refractivity contribution in [2.75, 3.05) is 0 Å². The molecule has 0 saturated heterocycles. The molecule has 2 aromatic carbocycles. The summed E-state index contributed by atoms with van der Waals surface area (Å²) < 4.78 is 11.1. The van der Waals surface area contributed by atoms with E-state index < -0.39 is 5.97 Å². The maximum absolute atomic E-state index is 12.3. The van der Waals surface area contributed by atoms with Gasteiger partial charge in [0.25, 0.3) is 0 Å². The second-order valence-corrected chi connectivity index (χ2v) is 5.89. The Hall–Kier alpha value is -0.973. The second-order valence-electron chi connectivity index (χ2n) is 4.91. The minimum atomic E-state index is -0.465. The van der Waals surface area contributed by atoms with Crippen LogP contribution in [0.3, 0.4) is 0 Å². The van der Waals surface area contributed by atoms with E-state index in [0.29, 0.717) is 27.4 Å². The molecule has 0 fully saturated rings. The molecule has 0 amide bonds. The Balaban J connectivity index is 0.00000264. The molecular weight excluding hydrogens is 326 g/mol. The summed E-state index contributed by atoms with van der Waals surface area (Å²) in [5, 5.41) is 1.05. The molecule has 0 aromatic heterocycles. The first-order valence-electron chi connectivity index (χ1n) is 7.04. The van der Waals surface area contributed by atoms with Gasteiger partial charge in [0.1, 0.15) is 11.5 Å². The maximum Gasteiger partial charge on any atom is 1.00 e. The molecule has 0 radical (unpaired) electrons. The topological polar surface area (TPSA) is 35.5 Å². The van der Waals surface area contributed by atoms with E-state index in [0.717, 1.165) is 6.42 Å². The minimum absolute atomic E-state index is 0. The third-order valence-electron chi connectivity index (χ3n) is 3.19. The fourth-order valence-corrected chi connectivity index (χ4v) is 2.29. The largest absolute Gasteiger partial charge is 1.00 e. The molecule has 118 valence electrons. The van der Waals surface area contributed by atoms with Crippen molar-refractivity contribution >= 4 is 32.1 Å². The molecule has 0 spiro atoms. The van der Waals surface area contributed by atoms with Crippen molar-refractivity contribution in [2.45, 2.75) is 26.4 Å². The number of esters is 1. The third kappa shape index (κ3) is 5.55. The average molecular weight is 345 g/mol. The molecule has 2 atom stereocenters. The summed E-state index contributed by atoms with van der Waals surface area (Å²) in [4.78, 5) is 12.3. The predicted octanol–water partition coefficient (Wildman–Crippen LogP) is 1.35. The molecule has 6 heteroatoms. The molecular formula is C17H19ClLiO3P. The van der Waals surface area contributed by atoms with Gasteiger partial charge in [-0.15, -0.1) is 9.24 Å². The van der Waals surface area contributed by atoms with Gasteiger partial charge >= 0.3 is 24.8 Å². The van der Waals surface area contributed by atoms with Crippen molar-refractivity contribution < 1.29 is 34.6 Å². The van der Waals surface area contributed by atoms with E-state index in [9.17, 15) is 4.79 Å². The summed E-state index contributed by atoms with van der Waals surface area (Å²) >= 11 is 6.18. The Labute approximate surface area is 157 Å². The Kier molecular flexibility index (Phi) is 8.16. The van der Waals surface area contributed by atoms with Crippen molar-refractivity contribution in [2.24, 2.45) is 0 Å². The molecule has 0 N–H and O–H groups in total. The third-order valence-corrected chi connectivity index (χ3v) is 4.31. The van der Waals surface area contributed by atoms with Gasteiger partial charge in [-0.25, -0.2) is 4.79 Å². The monoisotopic (exact) mass is 344 g/mol. The Morgan fingerprint density at radius 3 is 2.52 bits per heavy atom. The molecule has 2 rings (SSSR count). The first-order valence-corrected chi connectivity index (χ1v) is 7.99. The van der Waals surface area contributed by atoms with E-state index >= 15 is 0 Å². The van der Waals surface area contributed by atoms with Gasteiger partial charge in [-0.1, -0.05) is 36.7 Å². The van der Waals surface area contributed by atoms with Gasteiger partial charge in [0.15, 0.2) is 0 Å². The number of halogens is 1. The summed E-state index contributed by atoms with van der Waals surface area (Å²) in [6.45, 7) is 3.99. The van der Waals surface area contributed by atoms with Gasteiger partial charge in [-0.05, 0) is 37.6 Å². The van der Waals surface area contributed by atoms with Crippen LogP contribution in [-0.2, 0) is 0 Å². The van der Waals surface area contributed by atoms with Crippen molar-refractivity contribution in [1.82, 2.24) is 0 Å². The van der Waals surface area contributed by atoms with E-state index in [4.69, 9.17) is 21.1 Å². The molecule has 0 heterocycles. The van der Waals surface area contributed by atoms with E-state index in [1.165, 1.54) is 0 Å². The van der Waals surface area contributed by atoms with Crippen LogP contribution < -0.4 is 33.6 Å². The molecule has 0 aliphatic rings. The van der Waals surface area contributed by atoms with Crippen LogP contribution in [0, 0.1) is 0 Å². The zero-order valence-electron chi connectivity index (χ0n) is 14.5. The maximum atomic E-state index is 12.3. The van der Waals surface area contributed by atoms with Crippen LogP contribution in [-0.4, -0.2) is 12.1 Å². The summed E-state index contributed by atoms with van der Waals surface area (Å²) in [7, 11) is 2.47. The number of rotatable bonds is 5. The Morgan fingerprint density at radius 1 is 1.26 bits per heavy atom. The average Bonchev–Trinajstić information content (AvgIpc) is 2.51. The van der Waals surface area contributed by atoms with Crippen LogP contribution in [0.5, 0.6) is 11.5 Å². The van der Waals surface area contributed by atoms with Crippen LogP contribution in [0.15, 0.2) is 42.5 Å². The van der Waals surface area contributed by atoms with Gasteiger partial charge in [0.2, 0.25) is 0 Å². The molecule has 2 unspecified atom stereocenters. The van der Waals surface area contributed by atoms with E-state index in [1.807, 2.05) is 19.9 Å². The zero-order chi connectivity index (χ0) is 16.1. The molecule has 0 aliphatic carbocycles. The van der Waals surface area contributed by atoms with E-state index in [-0.39, 0.29) is 26.4 Å². The van der Waals surface area contributed by atoms with Crippen LogP contribution in [0.1, 0.15) is 32.1 Å². The fourth-order valence-electron chi connectivity index (χ4n) is 1.80. The minimum Gasteiger partial charge on any atom is -1.00 e. The van der Waals surface area contributed by atoms with Gasteiger partial charge in [-0.3, -0.25) is 0 Å². The van der Waals surface area contributed by atoms with Crippen molar-refractivity contribution in [3.63, 3.8) is 0 Å². The number of carbonyl (C=O) groups is 1. The van der Waals surface area contributed by atoms with Gasteiger partial charge in [0, 0.05) is 5.30 Å². The molecule has 3 nitrogen and oxygen atoms in total. The molecule has 0 bridgehead atoms. The standard InChI is InChI=1S/C17H18ClO3P.Li.H/c1-3-11(2)20-13-9-14(16(22)15(18)10-13)17(19)21-12-7-5-4-6-8-12;;/h4-11H,3,22H2,1-2H3;;/q;+1;-1. The van der Waals surface area contributed by atoms with Crippen LogP contribution in [0.2, 0.25) is 5.02 Å². The van der Waals surface area contributed by atoms with E-state index in [2.05, 4.69) is 9.24 Å². The predicted molar refractivity (Wildman–Crippen MR) is 93.7 cm³/mol. The molecule has 23 heavy (non-hydrogen) atoms. The number of ether oxygens (including phenoxy) is 2. The van der Waals surface area contributed by atoms with E-state index in [1.54, 1.807) is 36.4 Å².